The predicted octanol–water partition coefficient (Wildman–Crippen LogP) is 2.44. The van der Waals surface area contributed by atoms with Crippen LogP contribution in [0.2, 0.25) is 0 Å². The van der Waals surface area contributed by atoms with Gasteiger partial charge < -0.3 is 9.15 Å². The molecule has 0 saturated heterocycles. The van der Waals surface area contributed by atoms with Crippen molar-refractivity contribution in [2.24, 2.45) is 5.10 Å². The van der Waals surface area contributed by atoms with E-state index in [1.54, 1.807) is 25.3 Å². The lowest BCUT2D eigenvalue weighted by Gasteiger charge is -2.04. The maximum Gasteiger partial charge on any atom is 0.289 e. The van der Waals surface area contributed by atoms with Crippen LogP contribution in [0.25, 0.3) is 11.3 Å². The lowest BCUT2D eigenvalue weighted by atomic mass is 10.1. The third kappa shape index (κ3) is 3.29. The van der Waals surface area contributed by atoms with Crippen molar-refractivity contribution in [2.75, 3.05) is 7.11 Å². The van der Waals surface area contributed by atoms with E-state index < -0.39 is 5.91 Å². The summed E-state index contributed by atoms with van der Waals surface area (Å²) in [4.78, 5) is 12.0. The number of hydrogen-bond acceptors (Lipinski definition) is 5. The number of nitrogens with zero attached hydrogens (tertiary/aromatic N) is 2. The Labute approximate surface area is 132 Å². The van der Waals surface area contributed by atoms with Gasteiger partial charge in [0.2, 0.25) is 0 Å². The quantitative estimate of drug-likeness (QED) is 0.559. The normalized spacial score (nSPS) is 10.8. The summed E-state index contributed by atoms with van der Waals surface area (Å²) in [6.07, 6.45) is 2.94. The molecule has 1 aromatic carbocycles. The number of methoxy groups -OCH3 is 1. The molecular formula is C16H14N4O3. The highest BCUT2D eigenvalue weighted by Crippen LogP contribution is 2.28. The number of carbonyl (C=O) groups is 1. The van der Waals surface area contributed by atoms with Crippen LogP contribution in [0.15, 0.2) is 58.2 Å². The number of aromatic amines is 1. The summed E-state index contributed by atoms with van der Waals surface area (Å²) in [7, 11) is 1.59. The van der Waals surface area contributed by atoms with Crippen LogP contribution in [-0.4, -0.2) is 29.4 Å². The highest BCUT2D eigenvalue weighted by molar-refractivity contribution is 5.94. The molecule has 3 rings (SSSR count). The van der Waals surface area contributed by atoms with E-state index in [1.165, 1.54) is 12.5 Å². The Morgan fingerprint density at radius 2 is 2.22 bits per heavy atom. The summed E-state index contributed by atoms with van der Waals surface area (Å²) in [5.74, 6) is 0.827. The molecule has 7 nitrogen and oxygen atoms in total. The SMILES string of the molecule is COc1ccccc1-c1cc(C(=O)N/N=C/c2ccco2)[nH]n1. The van der Waals surface area contributed by atoms with E-state index in [1.807, 2.05) is 24.3 Å². The first-order chi connectivity index (χ1) is 11.3. The second kappa shape index (κ2) is 6.61. The summed E-state index contributed by atoms with van der Waals surface area (Å²) < 4.78 is 10.4. The Balaban J connectivity index is 1.72. The van der Waals surface area contributed by atoms with Gasteiger partial charge in [0.25, 0.3) is 5.91 Å². The molecule has 0 aliphatic carbocycles. The number of rotatable bonds is 5. The molecule has 0 atom stereocenters. The molecule has 3 aromatic rings. The molecule has 0 spiro atoms. The Morgan fingerprint density at radius 3 is 3.00 bits per heavy atom. The average Bonchev–Trinajstić information content (AvgIpc) is 3.26. The van der Waals surface area contributed by atoms with Gasteiger partial charge in [0.1, 0.15) is 17.2 Å². The van der Waals surface area contributed by atoms with Crippen LogP contribution >= 0.6 is 0 Å². The van der Waals surface area contributed by atoms with Crippen LogP contribution in [0.3, 0.4) is 0 Å². The second-order valence-electron chi connectivity index (χ2n) is 4.58. The standard InChI is InChI=1S/C16H14N4O3/c1-22-15-7-3-2-6-12(15)13-9-14(19-18-13)16(21)20-17-10-11-5-4-8-23-11/h2-10H,1H3,(H,18,19)(H,20,21)/b17-10+. The molecular weight excluding hydrogens is 296 g/mol. The molecule has 0 aliphatic heterocycles. The molecule has 23 heavy (non-hydrogen) atoms. The third-order valence-electron chi connectivity index (χ3n) is 3.11. The molecule has 1 amide bonds. The van der Waals surface area contributed by atoms with E-state index in [4.69, 9.17) is 9.15 Å². The lowest BCUT2D eigenvalue weighted by molar-refractivity contribution is 0.0950. The minimum atomic E-state index is -0.401. The zero-order chi connectivity index (χ0) is 16.1. The Morgan fingerprint density at radius 1 is 1.35 bits per heavy atom. The molecule has 116 valence electrons. The van der Waals surface area contributed by atoms with Gasteiger partial charge in [-0.15, -0.1) is 0 Å². The summed E-state index contributed by atoms with van der Waals surface area (Å²) in [5, 5.41) is 10.6. The number of benzene rings is 1. The van der Waals surface area contributed by atoms with Gasteiger partial charge in [0.05, 0.1) is 25.3 Å². The Kier molecular flexibility index (Phi) is 4.19. The average molecular weight is 310 g/mol. The minimum Gasteiger partial charge on any atom is -0.496 e. The van der Waals surface area contributed by atoms with E-state index in [0.717, 1.165) is 5.56 Å². The van der Waals surface area contributed by atoms with Crippen molar-refractivity contribution in [2.45, 2.75) is 0 Å². The molecule has 0 aliphatic rings. The van der Waals surface area contributed by atoms with Crippen molar-refractivity contribution in [3.05, 3.63) is 60.2 Å². The van der Waals surface area contributed by atoms with Crippen LogP contribution < -0.4 is 10.2 Å². The fraction of sp³-hybridized carbons (Fsp3) is 0.0625. The number of para-hydroxylation sites is 1. The van der Waals surface area contributed by atoms with Gasteiger partial charge in [-0.2, -0.15) is 10.2 Å². The number of carbonyl (C=O) groups excluding carboxylic acids is 1. The van der Waals surface area contributed by atoms with Gasteiger partial charge in [-0.25, -0.2) is 5.43 Å². The fourth-order valence-corrected chi connectivity index (χ4v) is 2.01. The third-order valence-corrected chi connectivity index (χ3v) is 3.11. The monoisotopic (exact) mass is 310 g/mol. The molecule has 0 saturated carbocycles. The first kappa shape index (κ1) is 14.6. The number of nitrogens with one attached hydrogen (secondary N) is 2. The zero-order valence-corrected chi connectivity index (χ0v) is 12.3. The maximum atomic E-state index is 12.0. The molecule has 2 heterocycles. The first-order valence-electron chi connectivity index (χ1n) is 6.83. The summed E-state index contributed by atoms with van der Waals surface area (Å²) in [6, 6.07) is 12.5. The largest absolute Gasteiger partial charge is 0.496 e. The van der Waals surface area contributed by atoms with Gasteiger partial charge in [-0.1, -0.05) is 12.1 Å². The number of hydrazone groups is 1. The summed E-state index contributed by atoms with van der Waals surface area (Å²) >= 11 is 0. The highest BCUT2D eigenvalue weighted by atomic mass is 16.5. The number of aromatic nitrogens is 2. The van der Waals surface area contributed by atoms with Crippen molar-refractivity contribution in [3.63, 3.8) is 0 Å². The second-order valence-corrected chi connectivity index (χ2v) is 4.58. The number of furan rings is 1. The van der Waals surface area contributed by atoms with E-state index in [0.29, 0.717) is 22.9 Å². The van der Waals surface area contributed by atoms with E-state index in [-0.39, 0.29) is 0 Å². The molecule has 0 bridgehead atoms. The van der Waals surface area contributed by atoms with Crippen LogP contribution in [0.1, 0.15) is 16.2 Å². The van der Waals surface area contributed by atoms with Crippen LogP contribution in [0.4, 0.5) is 0 Å². The first-order valence-corrected chi connectivity index (χ1v) is 6.83. The van der Waals surface area contributed by atoms with Crippen molar-refractivity contribution in [1.29, 1.82) is 0 Å². The molecule has 0 fully saturated rings. The van der Waals surface area contributed by atoms with Crippen molar-refractivity contribution in [3.8, 4) is 17.0 Å². The van der Waals surface area contributed by atoms with Crippen molar-refractivity contribution < 1.29 is 13.9 Å². The summed E-state index contributed by atoms with van der Waals surface area (Å²) in [6.45, 7) is 0. The Bertz CT molecular complexity index is 821. The molecule has 0 radical (unpaired) electrons. The van der Waals surface area contributed by atoms with Gasteiger partial charge in [-0.05, 0) is 30.3 Å². The minimum absolute atomic E-state index is 0.294. The van der Waals surface area contributed by atoms with Gasteiger partial charge in [0.15, 0.2) is 0 Å². The highest BCUT2D eigenvalue weighted by Gasteiger charge is 2.13. The number of ether oxygens (including phenoxy) is 1. The molecule has 2 aromatic heterocycles. The number of hydrogen-bond donors (Lipinski definition) is 2. The molecule has 0 unspecified atom stereocenters. The topological polar surface area (TPSA) is 92.5 Å². The van der Waals surface area contributed by atoms with Crippen LogP contribution in [0.5, 0.6) is 5.75 Å². The molecule has 2 N–H and O–H groups in total. The van der Waals surface area contributed by atoms with E-state index >= 15 is 0 Å². The van der Waals surface area contributed by atoms with Crippen LogP contribution in [-0.2, 0) is 0 Å². The van der Waals surface area contributed by atoms with Gasteiger partial charge >= 0.3 is 0 Å². The van der Waals surface area contributed by atoms with Crippen molar-refractivity contribution >= 4 is 12.1 Å². The number of H-pyrrole nitrogens is 1. The maximum absolute atomic E-state index is 12.0. The van der Waals surface area contributed by atoms with E-state index in [2.05, 4.69) is 20.7 Å². The number of amides is 1. The lowest BCUT2D eigenvalue weighted by Crippen LogP contribution is -2.17. The molecule has 7 heteroatoms. The van der Waals surface area contributed by atoms with Gasteiger partial charge in [0, 0.05) is 5.56 Å². The van der Waals surface area contributed by atoms with Crippen LogP contribution in [0, 0.1) is 0 Å². The van der Waals surface area contributed by atoms with Crippen molar-refractivity contribution in [1.82, 2.24) is 15.6 Å². The fourth-order valence-electron chi connectivity index (χ4n) is 2.01. The van der Waals surface area contributed by atoms with Gasteiger partial charge in [-0.3, -0.25) is 9.89 Å². The Hall–Kier alpha value is -3.35. The smallest absolute Gasteiger partial charge is 0.289 e. The summed E-state index contributed by atoms with van der Waals surface area (Å²) in [5.41, 5.74) is 4.10. The van der Waals surface area contributed by atoms with E-state index in [9.17, 15) is 4.79 Å². The predicted molar refractivity (Wildman–Crippen MR) is 84.3 cm³/mol. The zero-order valence-electron chi connectivity index (χ0n) is 12.3.